The molecule has 0 spiro atoms. The number of rotatable bonds is 3. The fraction of sp³-hybridized carbons (Fsp3) is 0.222. The van der Waals surface area contributed by atoms with Gasteiger partial charge in [0.2, 0.25) is 0 Å². The fourth-order valence-corrected chi connectivity index (χ4v) is 0.932. The van der Waals surface area contributed by atoms with E-state index < -0.39 is 18.7 Å². The van der Waals surface area contributed by atoms with Crippen LogP contribution in [0.15, 0.2) is 24.3 Å². The third kappa shape index (κ3) is 2.26. The normalized spacial score (nSPS) is 12.5. The first-order valence-corrected chi connectivity index (χ1v) is 3.71. The van der Waals surface area contributed by atoms with Crippen LogP contribution in [0.5, 0.6) is 0 Å². The van der Waals surface area contributed by atoms with Crippen molar-refractivity contribution in [2.45, 2.75) is 12.8 Å². The highest BCUT2D eigenvalue weighted by atomic mass is 19.1. The zero-order valence-corrected chi connectivity index (χ0v) is 6.77. The van der Waals surface area contributed by atoms with E-state index in [0.717, 1.165) is 0 Å². The number of aliphatic hydroxyl groups is 1. The van der Waals surface area contributed by atoms with Gasteiger partial charge in [-0.25, -0.2) is 9.18 Å². The van der Waals surface area contributed by atoms with Crippen LogP contribution in [0.4, 0.5) is 4.39 Å². The maximum atomic E-state index is 12.0. The van der Waals surface area contributed by atoms with Crippen molar-refractivity contribution in [1.82, 2.24) is 0 Å². The summed E-state index contributed by atoms with van der Waals surface area (Å²) in [5.41, 5.74) is 0.714. The zero-order chi connectivity index (χ0) is 9.84. The highest BCUT2D eigenvalue weighted by Gasteiger charge is 2.14. The monoisotopic (exact) mass is 184 g/mol. The average molecular weight is 184 g/mol. The molecule has 0 aliphatic rings. The van der Waals surface area contributed by atoms with E-state index in [1.807, 2.05) is 0 Å². The van der Waals surface area contributed by atoms with E-state index >= 15 is 0 Å². The quantitative estimate of drug-likeness (QED) is 0.743. The topological polar surface area (TPSA) is 57.5 Å². The van der Waals surface area contributed by atoms with E-state index in [1.54, 1.807) is 0 Å². The van der Waals surface area contributed by atoms with Gasteiger partial charge in [-0.2, -0.15) is 0 Å². The summed E-state index contributed by atoms with van der Waals surface area (Å²) in [7, 11) is 0. The number of halogens is 1. The minimum atomic E-state index is -1.53. The Morgan fingerprint density at radius 2 is 1.92 bits per heavy atom. The lowest BCUT2D eigenvalue weighted by molar-refractivity contribution is -0.146. The lowest BCUT2D eigenvalue weighted by Gasteiger charge is -2.05. The largest absolute Gasteiger partial charge is 0.479 e. The minimum absolute atomic E-state index is 0.254. The lowest BCUT2D eigenvalue weighted by Crippen LogP contribution is -2.10. The molecule has 0 amide bonds. The van der Waals surface area contributed by atoms with Crippen LogP contribution < -0.4 is 0 Å². The van der Waals surface area contributed by atoms with Crippen molar-refractivity contribution in [2.75, 3.05) is 0 Å². The molecule has 0 saturated carbocycles. The Kier molecular flexibility index (Phi) is 2.97. The number of aliphatic carboxylic acids is 1. The molecular weight excluding hydrogens is 175 g/mol. The van der Waals surface area contributed by atoms with Gasteiger partial charge in [0.1, 0.15) is 6.67 Å². The van der Waals surface area contributed by atoms with E-state index in [1.165, 1.54) is 24.3 Å². The first kappa shape index (κ1) is 9.67. The van der Waals surface area contributed by atoms with Gasteiger partial charge >= 0.3 is 5.97 Å². The van der Waals surface area contributed by atoms with Crippen molar-refractivity contribution >= 4 is 5.97 Å². The van der Waals surface area contributed by atoms with Crippen LogP contribution in [0.1, 0.15) is 17.2 Å². The molecule has 0 heterocycles. The van der Waals surface area contributed by atoms with Gasteiger partial charge in [0, 0.05) is 0 Å². The summed E-state index contributed by atoms with van der Waals surface area (Å²) < 4.78 is 12.0. The van der Waals surface area contributed by atoms with Gasteiger partial charge in [0.25, 0.3) is 0 Å². The molecule has 1 aromatic carbocycles. The number of hydrogen-bond donors (Lipinski definition) is 2. The second-order valence-corrected chi connectivity index (χ2v) is 2.62. The number of hydrogen-bond acceptors (Lipinski definition) is 2. The molecule has 0 saturated heterocycles. The molecule has 0 aromatic heterocycles. The number of benzene rings is 1. The summed E-state index contributed by atoms with van der Waals surface area (Å²) in [4.78, 5) is 10.3. The molecule has 70 valence electrons. The number of alkyl halides is 1. The van der Waals surface area contributed by atoms with Crippen molar-refractivity contribution in [2.24, 2.45) is 0 Å². The molecule has 1 atom stereocenters. The molecule has 4 heteroatoms. The van der Waals surface area contributed by atoms with Gasteiger partial charge in [-0.15, -0.1) is 0 Å². The van der Waals surface area contributed by atoms with Crippen LogP contribution in [0.25, 0.3) is 0 Å². The molecular formula is C9H9FO3. The molecule has 13 heavy (non-hydrogen) atoms. The van der Waals surface area contributed by atoms with E-state index in [4.69, 9.17) is 10.2 Å². The van der Waals surface area contributed by atoms with Crippen LogP contribution in [-0.4, -0.2) is 16.2 Å². The Morgan fingerprint density at radius 1 is 1.38 bits per heavy atom. The van der Waals surface area contributed by atoms with Gasteiger partial charge in [-0.3, -0.25) is 0 Å². The van der Waals surface area contributed by atoms with E-state index in [2.05, 4.69) is 0 Å². The standard InChI is InChI=1S/C9H9FO3/c10-5-6-1-3-7(4-2-6)8(11)9(12)13/h1-4,8,11H,5H2,(H,12,13). The Morgan fingerprint density at radius 3 is 2.31 bits per heavy atom. The Bertz CT molecular complexity index is 294. The first-order chi connectivity index (χ1) is 6.15. The van der Waals surface area contributed by atoms with Crippen LogP contribution in [0.3, 0.4) is 0 Å². The summed E-state index contributed by atoms with van der Waals surface area (Å²) in [6.45, 7) is -0.594. The average Bonchev–Trinajstić information content (AvgIpc) is 2.17. The Balaban J connectivity index is 2.85. The van der Waals surface area contributed by atoms with Crippen molar-refractivity contribution in [3.05, 3.63) is 35.4 Å². The number of carbonyl (C=O) groups is 1. The minimum Gasteiger partial charge on any atom is -0.479 e. The Hall–Kier alpha value is -1.42. The molecule has 0 radical (unpaired) electrons. The van der Waals surface area contributed by atoms with Gasteiger partial charge < -0.3 is 10.2 Å². The predicted molar refractivity (Wildman–Crippen MR) is 43.8 cm³/mol. The predicted octanol–water partition coefficient (Wildman–Crippen LogP) is 1.27. The van der Waals surface area contributed by atoms with Crippen LogP contribution in [0, 0.1) is 0 Å². The fourth-order valence-electron chi connectivity index (χ4n) is 0.932. The van der Waals surface area contributed by atoms with Gasteiger partial charge in [0.05, 0.1) is 0 Å². The molecule has 0 aliphatic carbocycles. The molecule has 2 N–H and O–H groups in total. The van der Waals surface area contributed by atoms with Crippen molar-refractivity contribution in [1.29, 1.82) is 0 Å². The molecule has 1 aromatic rings. The number of carboxylic acid groups (broad SMARTS) is 1. The van der Waals surface area contributed by atoms with Crippen LogP contribution >= 0.6 is 0 Å². The van der Waals surface area contributed by atoms with E-state index in [-0.39, 0.29) is 5.56 Å². The molecule has 0 aliphatic heterocycles. The molecule has 1 unspecified atom stereocenters. The number of aliphatic hydroxyl groups excluding tert-OH is 1. The molecule has 1 rings (SSSR count). The maximum Gasteiger partial charge on any atom is 0.337 e. The second kappa shape index (κ2) is 4.00. The van der Waals surface area contributed by atoms with Crippen LogP contribution in [-0.2, 0) is 11.5 Å². The van der Waals surface area contributed by atoms with Gasteiger partial charge in [-0.1, -0.05) is 24.3 Å². The van der Waals surface area contributed by atoms with Gasteiger partial charge in [-0.05, 0) is 11.1 Å². The van der Waals surface area contributed by atoms with Crippen LogP contribution in [0.2, 0.25) is 0 Å². The number of carboxylic acids is 1. The van der Waals surface area contributed by atoms with Gasteiger partial charge in [0.15, 0.2) is 6.10 Å². The highest BCUT2D eigenvalue weighted by molar-refractivity contribution is 5.73. The molecule has 0 fully saturated rings. The summed E-state index contributed by atoms with van der Waals surface area (Å²) in [6, 6.07) is 5.68. The van der Waals surface area contributed by atoms with Crippen molar-refractivity contribution in [3.63, 3.8) is 0 Å². The smallest absolute Gasteiger partial charge is 0.337 e. The highest BCUT2D eigenvalue weighted by Crippen LogP contribution is 2.14. The molecule has 0 bridgehead atoms. The zero-order valence-electron chi connectivity index (χ0n) is 6.77. The second-order valence-electron chi connectivity index (χ2n) is 2.62. The first-order valence-electron chi connectivity index (χ1n) is 3.71. The third-order valence-electron chi connectivity index (χ3n) is 1.68. The Labute approximate surface area is 74.4 Å². The maximum absolute atomic E-state index is 12.0. The SMILES string of the molecule is O=C(O)C(O)c1ccc(CF)cc1. The summed E-state index contributed by atoms with van der Waals surface area (Å²) >= 11 is 0. The summed E-state index contributed by atoms with van der Waals surface area (Å²) in [6.07, 6.45) is -1.53. The van der Waals surface area contributed by atoms with E-state index in [9.17, 15) is 9.18 Å². The van der Waals surface area contributed by atoms with E-state index in [0.29, 0.717) is 5.56 Å². The summed E-state index contributed by atoms with van der Waals surface area (Å²) in [5, 5.41) is 17.5. The van der Waals surface area contributed by atoms with Crippen molar-refractivity contribution < 1.29 is 19.4 Å². The summed E-state index contributed by atoms with van der Waals surface area (Å²) in [5.74, 6) is -1.31. The third-order valence-corrected chi connectivity index (χ3v) is 1.68. The van der Waals surface area contributed by atoms with Crippen molar-refractivity contribution in [3.8, 4) is 0 Å². The lowest BCUT2D eigenvalue weighted by atomic mass is 10.1. The molecule has 3 nitrogen and oxygen atoms in total.